The molecule has 1 N–H and O–H groups in total. The molecule has 1 heterocycles. The molecule has 1 unspecified atom stereocenters. The van der Waals surface area contributed by atoms with E-state index in [1.54, 1.807) is 35.7 Å². The molecule has 1 aromatic heterocycles. The van der Waals surface area contributed by atoms with E-state index in [4.69, 9.17) is 0 Å². The van der Waals surface area contributed by atoms with Crippen LogP contribution < -0.4 is 5.32 Å². The Morgan fingerprint density at radius 1 is 0.963 bits per heavy atom. The quantitative estimate of drug-likeness (QED) is 0.673. The maximum absolute atomic E-state index is 13.8. The van der Waals surface area contributed by atoms with Crippen LogP contribution in [0.5, 0.6) is 0 Å². The minimum atomic E-state index is -3.81. The SMILES string of the molecule is O=C(NCC(c1cccs1)S(=O)(=O)c1ccccc1)c1c(F)cccc1F. The zero-order valence-corrected chi connectivity index (χ0v) is 15.6. The fourth-order valence-corrected chi connectivity index (χ4v) is 5.41. The molecule has 0 saturated carbocycles. The van der Waals surface area contributed by atoms with E-state index in [0.717, 1.165) is 18.2 Å². The van der Waals surface area contributed by atoms with Crippen molar-refractivity contribution >= 4 is 27.1 Å². The van der Waals surface area contributed by atoms with Crippen LogP contribution in [0.15, 0.2) is 70.9 Å². The van der Waals surface area contributed by atoms with Crippen molar-refractivity contribution in [1.29, 1.82) is 0 Å². The molecular formula is C19H15F2NO3S2. The summed E-state index contributed by atoms with van der Waals surface area (Å²) in [7, 11) is -3.81. The number of halogens is 2. The Balaban J connectivity index is 1.89. The van der Waals surface area contributed by atoms with E-state index < -0.39 is 38.2 Å². The van der Waals surface area contributed by atoms with Gasteiger partial charge in [-0.15, -0.1) is 11.3 Å². The minimum Gasteiger partial charge on any atom is -0.350 e. The molecule has 1 amide bonds. The van der Waals surface area contributed by atoms with Crippen LogP contribution in [0, 0.1) is 11.6 Å². The van der Waals surface area contributed by atoms with Crippen LogP contribution in [0.2, 0.25) is 0 Å². The van der Waals surface area contributed by atoms with Crippen molar-refractivity contribution in [3.8, 4) is 0 Å². The average molecular weight is 407 g/mol. The number of thiophene rings is 1. The third kappa shape index (κ3) is 4.06. The first-order valence-corrected chi connectivity index (χ1v) is 10.4. The van der Waals surface area contributed by atoms with Crippen molar-refractivity contribution in [3.63, 3.8) is 0 Å². The summed E-state index contributed by atoms with van der Waals surface area (Å²) < 4.78 is 53.6. The van der Waals surface area contributed by atoms with Crippen LogP contribution in [-0.4, -0.2) is 20.9 Å². The fourth-order valence-electron chi connectivity index (χ4n) is 2.60. The Bertz CT molecular complexity index is 1020. The highest BCUT2D eigenvalue weighted by molar-refractivity contribution is 7.91. The third-order valence-corrected chi connectivity index (χ3v) is 7.18. The molecule has 0 aliphatic heterocycles. The lowest BCUT2D eigenvalue weighted by Crippen LogP contribution is -2.32. The van der Waals surface area contributed by atoms with E-state index in [2.05, 4.69) is 5.32 Å². The van der Waals surface area contributed by atoms with Crippen LogP contribution in [0.25, 0.3) is 0 Å². The molecule has 3 aromatic rings. The second-order valence-corrected chi connectivity index (χ2v) is 8.78. The first kappa shape index (κ1) is 19.2. The van der Waals surface area contributed by atoms with Crippen LogP contribution in [0.4, 0.5) is 8.78 Å². The second kappa shape index (κ2) is 7.98. The number of hydrogen-bond acceptors (Lipinski definition) is 4. The smallest absolute Gasteiger partial charge is 0.257 e. The summed E-state index contributed by atoms with van der Waals surface area (Å²) in [6, 6.07) is 14.3. The molecule has 2 aromatic carbocycles. The molecule has 0 spiro atoms. The van der Waals surface area contributed by atoms with Gasteiger partial charge in [-0.3, -0.25) is 4.79 Å². The van der Waals surface area contributed by atoms with E-state index in [9.17, 15) is 22.0 Å². The number of amides is 1. The maximum atomic E-state index is 13.8. The summed E-state index contributed by atoms with van der Waals surface area (Å²) >= 11 is 1.23. The fraction of sp³-hybridized carbons (Fsp3) is 0.105. The number of carbonyl (C=O) groups excluding carboxylic acids is 1. The van der Waals surface area contributed by atoms with Gasteiger partial charge in [0.25, 0.3) is 5.91 Å². The maximum Gasteiger partial charge on any atom is 0.257 e. The molecule has 0 aliphatic carbocycles. The predicted molar refractivity (Wildman–Crippen MR) is 99.4 cm³/mol. The second-order valence-electron chi connectivity index (χ2n) is 5.67. The van der Waals surface area contributed by atoms with Gasteiger partial charge in [-0.05, 0) is 35.7 Å². The van der Waals surface area contributed by atoms with Crippen LogP contribution in [0.1, 0.15) is 20.5 Å². The Kier molecular flexibility index (Phi) is 5.67. The summed E-state index contributed by atoms with van der Waals surface area (Å²) in [5.74, 6) is -3.02. The Morgan fingerprint density at radius 2 is 1.63 bits per heavy atom. The lowest BCUT2D eigenvalue weighted by molar-refractivity contribution is 0.0945. The van der Waals surface area contributed by atoms with Crippen LogP contribution >= 0.6 is 11.3 Å². The molecular weight excluding hydrogens is 392 g/mol. The van der Waals surface area contributed by atoms with E-state index in [-0.39, 0.29) is 11.4 Å². The average Bonchev–Trinajstić information content (AvgIpc) is 3.16. The molecule has 4 nitrogen and oxygen atoms in total. The van der Waals surface area contributed by atoms with Gasteiger partial charge in [0.2, 0.25) is 0 Å². The summed E-state index contributed by atoms with van der Waals surface area (Å²) in [4.78, 5) is 12.9. The summed E-state index contributed by atoms with van der Waals surface area (Å²) in [5, 5.41) is 3.01. The van der Waals surface area contributed by atoms with Gasteiger partial charge in [0, 0.05) is 11.4 Å². The molecule has 0 fully saturated rings. The van der Waals surface area contributed by atoms with Crippen LogP contribution in [0.3, 0.4) is 0 Å². The van der Waals surface area contributed by atoms with Gasteiger partial charge in [0.05, 0.1) is 4.90 Å². The molecule has 140 valence electrons. The van der Waals surface area contributed by atoms with Gasteiger partial charge in [-0.25, -0.2) is 17.2 Å². The van der Waals surface area contributed by atoms with Gasteiger partial charge in [0.1, 0.15) is 22.4 Å². The lowest BCUT2D eigenvalue weighted by atomic mass is 10.2. The zero-order chi connectivity index (χ0) is 19.4. The molecule has 0 bridgehead atoms. The molecule has 3 rings (SSSR count). The summed E-state index contributed by atoms with van der Waals surface area (Å²) in [6.07, 6.45) is 0. The van der Waals surface area contributed by atoms with Gasteiger partial charge in [0.15, 0.2) is 9.84 Å². The highest BCUT2D eigenvalue weighted by Gasteiger charge is 2.31. The highest BCUT2D eigenvalue weighted by atomic mass is 32.2. The largest absolute Gasteiger partial charge is 0.350 e. The third-order valence-electron chi connectivity index (χ3n) is 3.94. The number of carbonyl (C=O) groups is 1. The number of benzene rings is 2. The normalized spacial score (nSPS) is 12.5. The van der Waals surface area contributed by atoms with Crippen molar-refractivity contribution in [1.82, 2.24) is 5.32 Å². The molecule has 0 saturated heterocycles. The first-order chi connectivity index (χ1) is 12.9. The number of sulfone groups is 1. The van der Waals surface area contributed by atoms with Crippen molar-refractivity contribution in [3.05, 3.63) is 88.1 Å². The number of nitrogens with one attached hydrogen (secondary N) is 1. The molecule has 0 radical (unpaired) electrons. The van der Waals surface area contributed by atoms with E-state index in [1.807, 2.05) is 0 Å². The predicted octanol–water partition coefficient (Wildman–Crippen LogP) is 3.97. The molecule has 0 aliphatic rings. The van der Waals surface area contributed by atoms with E-state index in [1.165, 1.54) is 23.5 Å². The summed E-state index contributed by atoms with van der Waals surface area (Å²) in [6.45, 7) is -0.315. The lowest BCUT2D eigenvalue weighted by Gasteiger charge is -2.17. The van der Waals surface area contributed by atoms with Gasteiger partial charge in [-0.1, -0.05) is 30.3 Å². The first-order valence-electron chi connectivity index (χ1n) is 7.96. The standard InChI is InChI=1S/C19H15F2NO3S2/c20-14-8-4-9-15(21)18(14)19(23)22-12-17(16-10-5-11-26-16)27(24,25)13-6-2-1-3-7-13/h1-11,17H,12H2,(H,22,23). The van der Waals surface area contributed by atoms with Gasteiger partial charge < -0.3 is 5.32 Å². The Morgan fingerprint density at radius 3 is 2.22 bits per heavy atom. The van der Waals surface area contributed by atoms with Crippen molar-refractivity contribution in [2.24, 2.45) is 0 Å². The van der Waals surface area contributed by atoms with Crippen LogP contribution in [-0.2, 0) is 9.84 Å². The van der Waals surface area contributed by atoms with E-state index >= 15 is 0 Å². The monoisotopic (exact) mass is 407 g/mol. The Labute approximate surface area is 159 Å². The van der Waals surface area contributed by atoms with E-state index in [0.29, 0.717) is 4.88 Å². The molecule has 1 atom stereocenters. The summed E-state index contributed by atoms with van der Waals surface area (Å²) in [5.41, 5.74) is -0.737. The number of rotatable bonds is 6. The zero-order valence-electron chi connectivity index (χ0n) is 13.9. The highest BCUT2D eigenvalue weighted by Crippen LogP contribution is 2.31. The minimum absolute atomic E-state index is 0.106. The number of hydrogen-bond donors (Lipinski definition) is 1. The Hall–Kier alpha value is -2.58. The molecule has 8 heteroatoms. The van der Waals surface area contributed by atoms with Crippen molar-refractivity contribution in [2.75, 3.05) is 6.54 Å². The topological polar surface area (TPSA) is 63.2 Å². The van der Waals surface area contributed by atoms with Gasteiger partial charge >= 0.3 is 0 Å². The van der Waals surface area contributed by atoms with Crippen molar-refractivity contribution in [2.45, 2.75) is 10.1 Å². The molecule has 27 heavy (non-hydrogen) atoms. The van der Waals surface area contributed by atoms with Crippen molar-refractivity contribution < 1.29 is 22.0 Å². The van der Waals surface area contributed by atoms with Gasteiger partial charge in [-0.2, -0.15) is 0 Å².